The Hall–Kier alpha value is -1.96. The second kappa shape index (κ2) is 5.92. The lowest BCUT2D eigenvalue weighted by Gasteiger charge is -2.23. The van der Waals surface area contributed by atoms with Gasteiger partial charge in [-0.05, 0) is 53.8 Å². The number of rotatable bonds is 5. The summed E-state index contributed by atoms with van der Waals surface area (Å²) in [6.45, 7) is 1.91. The predicted octanol–water partition coefficient (Wildman–Crippen LogP) is 3.03. The number of hydrogen-bond donors (Lipinski definition) is 1. The third kappa shape index (κ3) is 3.52. The first-order valence-corrected chi connectivity index (χ1v) is 7.51. The van der Waals surface area contributed by atoms with Crippen molar-refractivity contribution < 1.29 is 13.2 Å². The van der Waals surface area contributed by atoms with Gasteiger partial charge >= 0.3 is 6.18 Å². The first-order valence-electron chi connectivity index (χ1n) is 7.51. The number of tetrazole rings is 1. The van der Waals surface area contributed by atoms with Crippen LogP contribution in [0.5, 0.6) is 0 Å². The second-order valence-corrected chi connectivity index (χ2v) is 5.99. The Morgan fingerprint density at radius 3 is 2.61 bits per heavy atom. The van der Waals surface area contributed by atoms with E-state index in [1.165, 1.54) is 12.1 Å². The maximum absolute atomic E-state index is 12.9. The van der Waals surface area contributed by atoms with Crippen molar-refractivity contribution in [3.05, 3.63) is 41.2 Å². The molecule has 0 spiro atoms. The third-order valence-corrected chi connectivity index (χ3v) is 4.14. The summed E-state index contributed by atoms with van der Waals surface area (Å²) < 4.78 is 40.4. The molecule has 1 heterocycles. The average molecular weight is 325 g/mol. The van der Waals surface area contributed by atoms with Gasteiger partial charge in [0.25, 0.3) is 0 Å². The molecule has 0 amide bonds. The number of hydrogen-bond acceptors (Lipinski definition) is 4. The molecule has 1 fully saturated rings. The number of aryl methyl sites for hydroxylation is 1. The van der Waals surface area contributed by atoms with E-state index in [9.17, 15) is 13.2 Å². The molecule has 0 bridgehead atoms. The van der Waals surface area contributed by atoms with Gasteiger partial charge in [-0.25, -0.2) is 4.68 Å². The molecule has 1 aliphatic rings. The molecule has 3 rings (SSSR count). The monoisotopic (exact) mass is 325 g/mol. The summed E-state index contributed by atoms with van der Waals surface area (Å²) in [4.78, 5) is 0. The maximum Gasteiger partial charge on any atom is 0.416 e. The van der Waals surface area contributed by atoms with Crippen molar-refractivity contribution in [2.45, 2.75) is 38.0 Å². The Kier molecular flexibility index (Phi) is 4.09. The Bertz CT molecular complexity index is 678. The number of nitrogens with one attached hydrogen (secondary N) is 1. The van der Waals surface area contributed by atoms with Crippen molar-refractivity contribution >= 4 is 0 Å². The van der Waals surface area contributed by atoms with E-state index in [1.807, 2.05) is 6.92 Å². The van der Waals surface area contributed by atoms with E-state index in [0.717, 1.165) is 18.9 Å². The summed E-state index contributed by atoms with van der Waals surface area (Å²) in [5.74, 6) is 1.00. The van der Waals surface area contributed by atoms with Crippen molar-refractivity contribution in [3.63, 3.8) is 0 Å². The zero-order chi connectivity index (χ0) is 16.6. The molecular formula is C15H18F3N5. The van der Waals surface area contributed by atoms with Crippen LogP contribution >= 0.6 is 0 Å². The lowest BCUT2D eigenvalue weighted by atomic mass is 9.99. The van der Waals surface area contributed by atoms with Crippen LogP contribution in [0.3, 0.4) is 0 Å². The minimum atomic E-state index is -4.33. The van der Waals surface area contributed by atoms with Crippen LogP contribution in [0.1, 0.15) is 48.8 Å². The molecule has 5 nitrogen and oxygen atoms in total. The molecule has 0 aliphatic heterocycles. The molecule has 0 saturated heterocycles. The highest BCUT2D eigenvalue weighted by atomic mass is 19.4. The Labute approximate surface area is 131 Å². The topological polar surface area (TPSA) is 55.6 Å². The summed E-state index contributed by atoms with van der Waals surface area (Å²) in [5.41, 5.74) is 0.0414. The van der Waals surface area contributed by atoms with E-state index in [2.05, 4.69) is 20.8 Å². The lowest BCUT2D eigenvalue weighted by Crippen LogP contribution is -2.28. The van der Waals surface area contributed by atoms with Crippen LogP contribution in [0.25, 0.3) is 0 Å². The van der Waals surface area contributed by atoms with Crippen LogP contribution in [-0.2, 0) is 13.2 Å². The van der Waals surface area contributed by atoms with E-state index < -0.39 is 11.7 Å². The second-order valence-electron chi connectivity index (χ2n) is 5.99. The van der Waals surface area contributed by atoms with E-state index in [0.29, 0.717) is 17.3 Å². The molecule has 0 radical (unpaired) electrons. The van der Waals surface area contributed by atoms with Gasteiger partial charge in [-0.3, -0.25) is 0 Å². The standard InChI is InChI=1S/C15H18F3N5/c1-9(14-20-21-22-23(14)2)19-13(10-6-7-10)11-4-3-5-12(8-11)15(16,17)18/h3-5,8-10,13,19H,6-7H2,1-2H3/t9-,13+/m1/s1. The van der Waals surface area contributed by atoms with Crippen molar-refractivity contribution in [2.24, 2.45) is 13.0 Å². The largest absolute Gasteiger partial charge is 0.416 e. The van der Waals surface area contributed by atoms with Crippen LogP contribution in [0, 0.1) is 5.92 Å². The zero-order valence-electron chi connectivity index (χ0n) is 12.9. The minimum Gasteiger partial charge on any atom is -0.300 e. The van der Waals surface area contributed by atoms with E-state index >= 15 is 0 Å². The first kappa shape index (κ1) is 15.9. The predicted molar refractivity (Wildman–Crippen MR) is 77.3 cm³/mol. The fraction of sp³-hybridized carbons (Fsp3) is 0.533. The average Bonchev–Trinajstić information content (AvgIpc) is 3.25. The van der Waals surface area contributed by atoms with Gasteiger partial charge in [-0.2, -0.15) is 13.2 Å². The highest BCUT2D eigenvalue weighted by Crippen LogP contribution is 2.43. The maximum atomic E-state index is 12.9. The van der Waals surface area contributed by atoms with Crippen LogP contribution < -0.4 is 5.32 Å². The molecule has 1 aliphatic carbocycles. The van der Waals surface area contributed by atoms with Crippen molar-refractivity contribution in [1.29, 1.82) is 0 Å². The lowest BCUT2D eigenvalue weighted by molar-refractivity contribution is -0.137. The number of halogens is 3. The molecular weight excluding hydrogens is 307 g/mol. The Morgan fingerprint density at radius 2 is 2.04 bits per heavy atom. The SMILES string of the molecule is C[C@@H](N[C@H](c1cccc(C(F)(F)F)c1)C1CC1)c1nnnn1C. The van der Waals surface area contributed by atoms with Crippen molar-refractivity contribution in [3.8, 4) is 0 Å². The molecule has 2 aromatic rings. The van der Waals surface area contributed by atoms with Gasteiger partial charge in [0, 0.05) is 13.1 Å². The van der Waals surface area contributed by atoms with Crippen LogP contribution in [-0.4, -0.2) is 20.2 Å². The van der Waals surface area contributed by atoms with E-state index in [4.69, 9.17) is 0 Å². The van der Waals surface area contributed by atoms with Gasteiger partial charge in [0.15, 0.2) is 5.82 Å². The molecule has 8 heteroatoms. The summed E-state index contributed by atoms with van der Waals surface area (Å²) in [6.07, 6.45) is -2.31. The molecule has 0 unspecified atom stereocenters. The van der Waals surface area contributed by atoms with Crippen LogP contribution in [0.2, 0.25) is 0 Å². The smallest absolute Gasteiger partial charge is 0.300 e. The van der Waals surface area contributed by atoms with Gasteiger partial charge < -0.3 is 5.32 Å². The number of alkyl halides is 3. The summed E-state index contributed by atoms with van der Waals surface area (Å²) in [5, 5.41) is 14.7. The van der Waals surface area contributed by atoms with Gasteiger partial charge in [0.1, 0.15) is 0 Å². The molecule has 23 heavy (non-hydrogen) atoms. The molecule has 1 aromatic heterocycles. The zero-order valence-corrected chi connectivity index (χ0v) is 12.9. The number of aromatic nitrogens is 4. The van der Waals surface area contributed by atoms with Gasteiger partial charge in [0.2, 0.25) is 0 Å². The van der Waals surface area contributed by atoms with Gasteiger partial charge in [-0.1, -0.05) is 12.1 Å². The van der Waals surface area contributed by atoms with Crippen LogP contribution in [0.15, 0.2) is 24.3 Å². The first-order chi connectivity index (χ1) is 10.9. The fourth-order valence-electron chi connectivity index (χ4n) is 2.79. The van der Waals surface area contributed by atoms with Gasteiger partial charge in [-0.15, -0.1) is 5.10 Å². The molecule has 124 valence electrons. The quantitative estimate of drug-likeness (QED) is 0.918. The van der Waals surface area contributed by atoms with Crippen molar-refractivity contribution in [1.82, 2.24) is 25.5 Å². The molecule has 2 atom stereocenters. The Morgan fingerprint density at radius 1 is 1.30 bits per heavy atom. The van der Waals surface area contributed by atoms with Crippen molar-refractivity contribution in [2.75, 3.05) is 0 Å². The minimum absolute atomic E-state index is 0.135. The highest BCUT2D eigenvalue weighted by Gasteiger charge is 2.36. The third-order valence-electron chi connectivity index (χ3n) is 4.14. The summed E-state index contributed by atoms with van der Waals surface area (Å²) in [7, 11) is 1.74. The van der Waals surface area contributed by atoms with Gasteiger partial charge in [0.05, 0.1) is 11.6 Å². The summed E-state index contributed by atoms with van der Waals surface area (Å²) in [6, 6.07) is 5.25. The molecule has 1 saturated carbocycles. The van der Waals surface area contributed by atoms with E-state index in [-0.39, 0.29) is 12.1 Å². The highest BCUT2D eigenvalue weighted by molar-refractivity contribution is 5.29. The van der Waals surface area contributed by atoms with Crippen LogP contribution in [0.4, 0.5) is 13.2 Å². The number of nitrogens with zero attached hydrogens (tertiary/aromatic N) is 4. The molecule has 1 aromatic carbocycles. The normalized spacial score (nSPS) is 18.0. The van der Waals surface area contributed by atoms with E-state index in [1.54, 1.807) is 17.8 Å². The Balaban J connectivity index is 1.84. The molecule has 1 N–H and O–H groups in total. The summed E-state index contributed by atoms with van der Waals surface area (Å²) >= 11 is 0. The number of benzene rings is 1. The fourth-order valence-corrected chi connectivity index (χ4v) is 2.79.